The van der Waals surface area contributed by atoms with E-state index in [4.69, 9.17) is 10.00 Å². The van der Waals surface area contributed by atoms with Crippen LogP contribution in [0.2, 0.25) is 0 Å². The van der Waals surface area contributed by atoms with Crippen molar-refractivity contribution in [3.8, 4) is 17.9 Å². The van der Waals surface area contributed by atoms with E-state index >= 15 is 0 Å². The highest BCUT2D eigenvalue weighted by atomic mass is 16.6. The Bertz CT molecular complexity index is 566. The van der Waals surface area contributed by atoms with Crippen LogP contribution in [-0.2, 0) is 11.2 Å². The highest BCUT2D eigenvalue weighted by Gasteiger charge is 2.15. The maximum Gasteiger partial charge on any atom is 0.407 e. The second-order valence-electron chi connectivity index (χ2n) is 5.51. The molecule has 1 N–H and O–H groups in total. The van der Waals surface area contributed by atoms with Crippen molar-refractivity contribution in [2.45, 2.75) is 39.2 Å². The van der Waals surface area contributed by atoms with Gasteiger partial charge in [-0.25, -0.2) is 4.79 Å². The normalized spacial score (nSPS) is 10.0. The van der Waals surface area contributed by atoms with Crippen molar-refractivity contribution < 1.29 is 9.53 Å². The minimum Gasteiger partial charge on any atom is -0.444 e. The molecule has 0 bridgehead atoms. The number of nitriles is 1. The molecule has 0 aromatic heterocycles. The minimum atomic E-state index is -0.485. The van der Waals surface area contributed by atoms with Gasteiger partial charge in [-0.1, -0.05) is 24.0 Å². The van der Waals surface area contributed by atoms with Gasteiger partial charge in [-0.15, -0.1) is 0 Å². The summed E-state index contributed by atoms with van der Waals surface area (Å²) in [4.78, 5) is 11.4. The molecule has 1 aromatic rings. The van der Waals surface area contributed by atoms with Crippen LogP contribution in [0, 0.1) is 23.2 Å². The van der Waals surface area contributed by atoms with Crippen LogP contribution in [0.1, 0.15) is 38.3 Å². The molecule has 0 aliphatic carbocycles. The topological polar surface area (TPSA) is 62.1 Å². The van der Waals surface area contributed by atoms with Crippen LogP contribution in [0.3, 0.4) is 0 Å². The summed E-state index contributed by atoms with van der Waals surface area (Å²) in [7, 11) is 0. The highest BCUT2D eigenvalue weighted by molar-refractivity contribution is 5.67. The molecule has 4 nitrogen and oxygen atoms in total. The van der Waals surface area contributed by atoms with E-state index in [-0.39, 0.29) is 0 Å². The molecule has 0 aliphatic rings. The first-order chi connectivity index (χ1) is 9.90. The maximum absolute atomic E-state index is 11.4. The summed E-state index contributed by atoms with van der Waals surface area (Å²) in [6.45, 7) is 5.92. The molecular formula is C17H20N2O2. The molecule has 0 saturated carbocycles. The SMILES string of the molecule is CC(C)(C)OC(=O)NCCC#Cc1ccc(CC#N)cc1. The zero-order chi connectivity index (χ0) is 15.7. The van der Waals surface area contributed by atoms with Gasteiger partial charge in [0.2, 0.25) is 0 Å². The Morgan fingerprint density at radius 3 is 2.52 bits per heavy atom. The second kappa shape index (κ2) is 7.97. The van der Waals surface area contributed by atoms with Crippen LogP contribution >= 0.6 is 0 Å². The van der Waals surface area contributed by atoms with Gasteiger partial charge in [-0.2, -0.15) is 5.26 Å². The van der Waals surface area contributed by atoms with Gasteiger partial charge in [0.1, 0.15) is 5.60 Å². The second-order valence-corrected chi connectivity index (χ2v) is 5.51. The number of nitrogens with zero attached hydrogens (tertiary/aromatic N) is 1. The van der Waals surface area contributed by atoms with Gasteiger partial charge in [-0.3, -0.25) is 0 Å². The Balaban J connectivity index is 2.33. The lowest BCUT2D eigenvalue weighted by molar-refractivity contribution is 0.0529. The molecule has 0 aliphatic heterocycles. The quantitative estimate of drug-likeness (QED) is 0.685. The van der Waals surface area contributed by atoms with Crippen molar-refractivity contribution in [1.82, 2.24) is 5.32 Å². The molecule has 0 unspecified atom stereocenters. The first-order valence-electron chi connectivity index (χ1n) is 6.82. The summed E-state index contributed by atoms with van der Waals surface area (Å²) < 4.78 is 5.11. The van der Waals surface area contributed by atoms with Gasteiger partial charge in [-0.05, 0) is 38.5 Å². The number of hydrogen-bond acceptors (Lipinski definition) is 3. The first kappa shape index (κ1) is 16.6. The summed E-state index contributed by atoms with van der Waals surface area (Å²) in [5.41, 5.74) is 1.39. The average Bonchev–Trinajstić information content (AvgIpc) is 2.38. The molecule has 21 heavy (non-hydrogen) atoms. The monoisotopic (exact) mass is 284 g/mol. The van der Waals surface area contributed by atoms with Gasteiger partial charge in [0.25, 0.3) is 0 Å². The van der Waals surface area contributed by atoms with Gasteiger partial charge >= 0.3 is 6.09 Å². The van der Waals surface area contributed by atoms with E-state index in [0.29, 0.717) is 19.4 Å². The zero-order valence-electron chi connectivity index (χ0n) is 12.7. The van der Waals surface area contributed by atoms with E-state index in [1.165, 1.54) is 0 Å². The molecular weight excluding hydrogens is 264 g/mol. The number of ether oxygens (including phenoxy) is 1. The summed E-state index contributed by atoms with van der Waals surface area (Å²) in [6.07, 6.45) is 0.539. The maximum atomic E-state index is 11.4. The molecule has 1 amide bonds. The van der Waals surface area contributed by atoms with Crippen LogP contribution in [0.5, 0.6) is 0 Å². The Morgan fingerprint density at radius 2 is 1.95 bits per heavy atom. The molecule has 0 atom stereocenters. The third-order valence-corrected chi connectivity index (χ3v) is 2.39. The van der Waals surface area contributed by atoms with Crippen LogP contribution in [0.25, 0.3) is 0 Å². The summed E-state index contributed by atoms with van der Waals surface area (Å²) in [5.74, 6) is 6.00. The number of rotatable bonds is 3. The summed E-state index contributed by atoms with van der Waals surface area (Å²) in [6, 6.07) is 9.67. The molecule has 0 heterocycles. The van der Waals surface area contributed by atoms with E-state index in [9.17, 15) is 4.79 Å². The Labute approximate surface area is 126 Å². The van der Waals surface area contributed by atoms with Crippen molar-refractivity contribution in [3.05, 3.63) is 35.4 Å². The van der Waals surface area contributed by atoms with Crippen LogP contribution in [0.15, 0.2) is 24.3 Å². The fourth-order valence-electron chi connectivity index (χ4n) is 1.50. The standard InChI is InChI=1S/C17H20N2O2/c1-17(2,3)21-16(20)19-13-5-4-6-14-7-9-15(10-8-14)11-12-18/h7-10H,5,11,13H2,1-3H3,(H,19,20). The molecule has 110 valence electrons. The van der Waals surface area contributed by atoms with Crippen molar-refractivity contribution in [1.29, 1.82) is 5.26 Å². The van der Waals surface area contributed by atoms with Crippen LogP contribution in [0.4, 0.5) is 4.79 Å². The van der Waals surface area contributed by atoms with Crippen LogP contribution in [-0.4, -0.2) is 18.2 Å². The third kappa shape index (κ3) is 7.64. The van der Waals surface area contributed by atoms with E-state index in [2.05, 4.69) is 23.2 Å². The fourth-order valence-corrected chi connectivity index (χ4v) is 1.50. The smallest absolute Gasteiger partial charge is 0.407 e. The van der Waals surface area contributed by atoms with Crippen molar-refractivity contribution >= 4 is 6.09 Å². The van der Waals surface area contributed by atoms with E-state index in [0.717, 1.165) is 11.1 Å². The molecule has 1 rings (SSSR count). The summed E-state index contributed by atoms with van der Waals surface area (Å²) in [5, 5.41) is 11.2. The predicted octanol–water partition coefficient (Wildman–Crippen LogP) is 3.02. The van der Waals surface area contributed by atoms with Gasteiger partial charge in [0, 0.05) is 18.5 Å². The third-order valence-electron chi connectivity index (χ3n) is 2.39. The van der Waals surface area contributed by atoms with Crippen LogP contribution < -0.4 is 5.32 Å². The number of benzene rings is 1. The van der Waals surface area contributed by atoms with E-state index in [1.54, 1.807) is 0 Å². The number of alkyl carbamates (subject to hydrolysis) is 1. The van der Waals surface area contributed by atoms with Crippen molar-refractivity contribution in [2.75, 3.05) is 6.54 Å². The molecule has 0 spiro atoms. The summed E-state index contributed by atoms with van der Waals surface area (Å²) >= 11 is 0. The number of amides is 1. The molecule has 0 radical (unpaired) electrons. The van der Waals surface area contributed by atoms with Crippen molar-refractivity contribution in [3.63, 3.8) is 0 Å². The lowest BCUT2D eigenvalue weighted by Crippen LogP contribution is -2.32. The highest BCUT2D eigenvalue weighted by Crippen LogP contribution is 2.06. The lowest BCUT2D eigenvalue weighted by atomic mass is 10.1. The van der Waals surface area contributed by atoms with E-state index < -0.39 is 11.7 Å². The number of carbonyl (C=O) groups is 1. The van der Waals surface area contributed by atoms with E-state index in [1.807, 2.05) is 45.0 Å². The molecule has 1 aromatic carbocycles. The largest absolute Gasteiger partial charge is 0.444 e. The average molecular weight is 284 g/mol. The number of hydrogen-bond donors (Lipinski definition) is 1. The Kier molecular flexibility index (Phi) is 6.30. The fraction of sp³-hybridized carbons (Fsp3) is 0.412. The van der Waals surface area contributed by atoms with Gasteiger partial charge < -0.3 is 10.1 Å². The Morgan fingerprint density at radius 1 is 1.29 bits per heavy atom. The predicted molar refractivity (Wildman–Crippen MR) is 81.5 cm³/mol. The van der Waals surface area contributed by atoms with Crippen molar-refractivity contribution in [2.24, 2.45) is 0 Å². The minimum absolute atomic E-state index is 0.410. The Hall–Kier alpha value is -2.46. The number of nitrogens with one attached hydrogen (secondary N) is 1. The zero-order valence-corrected chi connectivity index (χ0v) is 12.7. The van der Waals surface area contributed by atoms with Gasteiger partial charge in [0.15, 0.2) is 0 Å². The molecule has 0 fully saturated rings. The molecule has 4 heteroatoms. The first-order valence-corrected chi connectivity index (χ1v) is 6.82. The van der Waals surface area contributed by atoms with Gasteiger partial charge in [0.05, 0.1) is 12.5 Å². The molecule has 0 saturated heterocycles. The lowest BCUT2D eigenvalue weighted by Gasteiger charge is -2.19. The number of carbonyl (C=O) groups excluding carboxylic acids is 1.